The highest BCUT2D eigenvalue weighted by Crippen LogP contribution is 2.29. The molecule has 18 heavy (non-hydrogen) atoms. The minimum atomic E-state index is 0.256. The fraction of sp³-hybridized carbons (Fsp3) is 0.500. The zero-order valence-corrected chi connectivity index (χ0v) is 12.3. The first kappa shape index (κ1) is 14.8. The molecule has 3 nitrogen and oxygen atoms in total. The third kappa shape index (κ3) is 4.53. The van der Waals surface area contributed by atoms with E-state index in [2.05, 4.69) is 20.8 Å². The first-order chi connectivity index (χ1) is 8.33. The van der Waals surface area contributed by atoms with Crippen LogP contribution in [0, 0.1) is 5.41 Å². The second-order valence-corrected chi connectivity index (χ2v) is 5.83. The first-order valence-corrected chi connectivity index (χ1v) is 6.35. The van der Waals surface area contributed by atoms with Gasteiger partial charge in [0.15, 0.2) is 11.5 Å². The van der Waals surface area contributed by atoms with Crippen molar-refractivity contribution in [3.05, 3.63) is 23.8 Å². The summed E-state index contributed by atoms with van der Waals surface area (Å²) in [6.45, 7) is 7.21. The summed E-state index contributed by atoms with van der Waals surface area (Å²) < 4.78 is 11.0. The zero-order valence-electron chi connectivity index (χ0n) is 11.4. The second kappa shape index (κ2) is 6.05. The maximum atomic E-state index is 5.73. The second-order valence-electron chi connectivity index (χ2n) is 5.39. The predicted octanol–water partition coefficient (Wildman–Crippen LogP) is 3.14. The number of benzene rings is 1. The van der Waals surface area contributed by atoms with Gasteiger partial charge in [-0.3, -0.25) is 0 Å². The molecule has 1 aromatic rings. The van der Waals surface area contributed by atoms with Gasteiger partial charge in [-0.2, -0.15) is 0 Å². The van der Waals surface area contributed by atoms with Gasteiger partial charge < -0.3 is 15.2 Å². The van der Waals surface area contributed by atoms with Crippen LogP contribution in [-0.2, 0) is 0 Å². The van der Waals surface area contributed by atoms with Crippen molar-refractivity contribution in [1.29, 1.82) is 0 Å². The third-order valence-corrected chi connectivity index (χ3v) is 2.79. The number of rotatable bonds is 5. The maximum Gasteiger partial charge on any atom is 0.161 e. The van der Waals surface area contributed by atoms with Gasteiger partial charge >= 0.3 is 0 Å². The van der Waals surface area contributed by atoms with Crippen molar-refractivity contribution < 1.29 is 9.47 Å². The fourth-order valence-corrected chi connectivity index (χ4v) is 1.53. The van der Waals surface area contributed by atoms with E-state index >= 15 is 0 Å². The standard InChI is InChI=1S/C14H21NO2S/c1-14(2,3)7-8-17-11-6-5-10(13(15)18)9-12(11)16-4/h5-6,9H,7-8H2,1-4H3,(H2,15,18). The van der Waals surface area contributed by atoms with Crippen LogP contribution < -0.4 is 15.2 Å². The molecule has 0 aromatic heterocycles. The highest BCUT2D eigenvalue weighted by atomic mass is 32.1. The Morgan fingerprint density at radius 1 is 1.28 bits per heavy atom. The lowest BCUT2D eigenvalue weighted by atomic mass is 9.93. The molecule has 0 aliphatic heterocycles. The van der Waals surface area contributed by atoms with Crippen molar-refractivity contribution in [2.45, 2.75) is 27.2 Å². The molecule has 0 spiro atoms. The van der Waals surface area contributed by atoms with Crippen molar-refractivity contribution >= 4 is 17.2 Å². The quantitative estimate of drug-likeness (QED) is 0.832. The largest absolute Gasteiger partial charge is 0.493 e. The van der Waals surface area contributed by atoms with Crippen LogP contribution in [0.25, 0.3) is 0 Å². The van der Waals surface area contributed by atoms with Gasteiger partial charge in [0, 0.05) is 5.56 Å². The van der Waals surface area contributed by atoms with Crippen LogP contribution in [0.15, 0.2) is 18.2 Å². The number of thiocarbonyl (C=S) groups is 1. The minimum absolute atomic E-state index is 0.256. The van der Waals surface area contributed by atoms with Gasteiger partial charge in [0.1, 0.15) is 4.99 Å². The van der Waals surface area contributed by atoms with Crippen molar-refractivity contribution in [3.63, 3.8) is 0 Å². The van der Waals surface area contributed by atoms with E-state index in [1.54, 1.807) is 13.2 Å². The van der Waals surface area contributed by atoms with E-state index < -0.39 is 0 Å². The zero-order chi connectivity index (χ0) is 13.8. The van der Waals surface area contributed by atoms with E-state index in [1.807, 2.05) is 12.1 Å². The Morgan fingerprint density at radius 2 is 1.94 bits per heavy atom. The molecule has 0 radical (unpaired) electrons. The van der Waals surface area contributed by atoms with Crippen LogP contribution in [0.4, 0.5) is 0 Å². The molecule has 0 amide bonds. The summed E-state index contributed by atoms with van der Waals surface area (Å²) in [5.41, 5.74) is 6.62. The predicted molar refractivity (Wildman–Crippen MR) is 78.4 cm³/mol. The molecule has 4 heteroatoms. The molecular weight excluding hydrogens is 246 g/mol. The van der Waals surface area contributed by atoms with Gasteiger partial charge in [0.2, 0.25) is 0 Å². The van der Waals surface area contributed by atoms with Gasteiger partial charge in [-0.25, -0.2) is 0 Å². The molecule has 0 bridgehead atoms. The molecule has 1 aromatic carbocycles. The van der Waals surface area contributed by atoms with E-state index in [0.717, 1.165) is 17.7 Å². The molecule has 0 heterocycles. The van der Waals surface area contributed by atoms with Crippen LogP contribution in [0.3, 0.4) is 0 Å². The van der Waals surface area contributed by atoms with Gasteiger partial charge in [-0.15, -0.1) is 0 Å². The van der Waals surface area contributed by atoms with Gasteiger partial charge in [-0.1, -0.05) is 33.0 Å². The van der Waals surface area contributed by atoms with E-state index in [9.17, 15) is 0 Å². The number of ether oxygens (including phenoxy) is 2. The van der Waals surface area contributed by atoms with Crippen molar-refractivity contribution in [3.8, 4) is 11.5 Å². The summed E-state index contributed by atoms with van der Waals surface area (Å²) in [6, 6.07) is 5.49. The highest BCUT2D eigenvalue weighted by Gasteiger charge is 2.12. The van der Waals surface area contributed by atoms with Gasteiger partial charge in [0.05, 0.1) is 13.7 Å². The maximum absolute atomic E-state index is 5.73. The average Bonchev–Trinajstić information content (AvgIpc) is 2.27. The summed E-state index contributed by atoms with van der Waals surface area (Å²) in [4.78, 5) is 0.356. The SMILES string of the molecule is COc1cc(C(N)=S)ccc1OCCC(C)(C)C. The Kier molecular flexibility index (Phi) is 4.96. The topological polar surface area (TPSA) is 44.5 Å². The summed E-state index contributed by atoms with van der Waals surface area (Å²) in [6.07, 6.45) is 0.979. The Labute approximate surface area is 114 Å². The molecule has 0 saturated carbocycles. The van der Waals surface area contributed by atoms with E-state index in [-0.39, 0.29) is 5.41 Å². The molecule has 0 aliphatic carbocycles. The lowest BCUT2D eigenvalue weighted by molar-refractivity contribution is 0.234. The van der Waals surface area contributed by atoms with Crippen LogP contribution >= 0.6 is 12.2 Å². The van der Waals surface area contributed by atoms with Gasteiger partial charge in [0.25, 0.3) is 0 Å². The van der Waals surface area contributed by atoms with E-state index in [1.165, 1.54) is 0 Å². The number of nitrogens with two attached hydrogens (primary N) is 1. The van der Waals surface area contributed by atoms with Crippen LogP contribution in [0.2, 0.25) is 0 Å². The summed E-state index contributed by atoms with van der Waals surface area (Å²) in [5.74, 6) is 1.39. The first-order valence-electron chi connectivity index (χ1n) is 5.94. The van der Waals surface area contributed by atoms with Gasteiger partial charge in [-0.05, 0) is 30.0 Å². The van der Waals surface area contributed by atoms with Crippen molar-refractivity contribution in [2.75, 3.05) is 13.7 Å². The lowest BCUT2D eigenvalue weighted by Gasteiger charge is -2.19. The number of hydrogen-bond acceptors (Lipinski definition) is 3. The summed E-state index contributed by atoms with van der Waals surface area (Å²) in [5, 5.41) is 0. The third-order valence-electron chi connectivity index (χ3n) is 2.56. The molecule has 0 atom stereocenters. The average molecular weight is 267 g/mol. The molecule has 2 N–H and O–H groups in total. The van der Waals surface area contributed by atoms with Crippen LogP contribution in [-0.4, -0.2) is 18.7 Å². The van der Waals surface area contributed by atoms with Crippen molar-refractivity contribution in [2.24, 2.45) is 11.1 Å². The lowest BCUT2D eigenvalue weighted by Crippen LogP contribution is -2.12. The van der Waals surface area contributed by atoms with Crippen LogP contribution in [0.1, 0.15) is 32.8 Å². The number of methoxy groups -OCH3 is 1. The van der Waals surface area contributed by atoms with Crippen molar-refractivity contribution in [1.82, 2.24) is 0 Å². The Morgan fingerprint density at radius 3 is 2.44 bits per heavy atom. The normalized spacial score (nSPS) is 11.1. The molecule has 0 saturated heterocycles. The minimum Gasteiger partial charge on any atom is -0.493 e. The number of hydrogen-bond donors (Lipinski definition) is 1. The molecule has 0 fully saturated rings. The summed E-state index contributed by atoms with van der Waals surface area (Å²) >= 11 is 4.93. The van der Waals surface area contributed by atoms with E-state index in [4.69, 9.17) is 27.4 Å². The Bertz CT molecular complexity index is 424. The van der Waals surface area contributed by atoms with E-state index in [0.29, 0.717) is 17.3 Å². The molecule has 100 valence electrons. The smallest absolute Gasteiger partial charge is 0.161 e. The summed E-state index contributed by atoms with van der Waals surface area (Å²) in [7, 11) is 1.61. The molecule has 1 rings (SSSR count). The molecule has 0 unspecified atom stereocenters. The van der Waals surface area contributed by atoms with Crippen LogP contribution in [0.5, 0.6) is 11.5 Å². The highest BCUT2D eigenvalue weighted by molar-refractivity contribution is 7.80. The Balaban J connectivity index is 2.74. The molecule has 0 aliphatic rings. The fourth-order valence-electron chi connectivity index (χ4n) is 1.41. The Hall–Kier alpha value is -1.29. The molecular formula is C14H21NO2S. The monoisotopic (exact) mass is 267 g/mol.